The van der Waals surface area contributed by atoms with Gasteiger partial charge in [0.25, 0.3) is 0 Å². The van der Waals surface area contributed by atoms with Gasteiger partial charge in [-0.05, 0) is 31.0 Å². The summed E-state index contributed by atoms with van der Waals surface area (Å²) >= 11 is 0. The lowest BCUT2D eigenvalue weighted by atomic mass is 10.1. The highest BCUT2D eigenvalue weighted by atomic mass is 32.2. The van der Waals surface area contributed by atoms with Crippen molar-refractivity contribution in [2.24, 2.45) is 0 Å². The molecule has 0 aromatic heterocycles. The lowest BCUT2D eigenvalue weighted by Crippen LogP contribution is -2.41. The Morgan fingerprint density at radius 1 is 1.35 bits per heavy atom. The van der Waals surface area contributed by atoms with E-state index in [1.54, 1.807) is 0 Å². The highest BCUT2D eigenvalue weighted by molar-refractivity contribution is 7.88. The first-order chi connectivity index (χ1) is 9.59. The van der Waals surface area contributed by atoms with Gasteiger partial charge in [0.2, 0.25) is 10.0 Å². The molecule has 1 saturated heterocycles. The molecule has 1 aromatic carbocycles. The molecule has 6 heteroatoms. The van der Waals surface area contributed by atoms with Crippen LogP contribution in [0.15, 0.2) is 24.3 Å². The maximum Gasteiger partial charge on any atom is 0.216 e. The van der Waals surface area contributed by atoms with Gasteiger partial charge in [-0.25, -0.2) is 13.1 Å². The molecule has 2 N–H and O–H groups in total. The highest BCUT2D eigenvalue weighted by Crippen LogP contribution is 2.12. The second-order valence-electron chi connectivity index (χ2n) is 5.14. The third kappa shape index (κ3) is 4.86. The van der Waals surface area contributed by atoms with Gasteiger partial charge >= 0.3 is 0 Å². The number of sulfonamides is 1. The van der Waals surface area contributed by atoms with E-state index >= 15 is 0 Å². The predicted octanol–water partition coefficient (Wildman–Crippen LogP) is 1.00. The van der Waals surface area contributed by atoms with Crippen molar-refractivity contribution >= 4 is 10.0 Å². The van der Waals surface area contributed by atoms with Crippen LogP contribution in [0.5, 0.6) is 0 Å². The van der Waals surface area contributed by atoms with E-state index in [1.807, 2.05) is 31.3 Å². The van der Waals surface area contributed by atoms with Crippen LogP contribution in [0.3, 0.4) is 0 Å². The van der Waals surface area contributed by atoms with E-state index in [-0.39, 0.29) is 11.8 Å². The highest BCUT2D eigenvalue weighted by Gasteiger charge is 2.20. The summed E-state index contributed by atoms with van der Waals surface area (Å²) in [7, 11) is -1.45. The average molecular weight is 298 g/mol. The van der Waals surface area contributed by atoms with E-state index in [1.165, 1.54) is 0 Å². The topological polar surface area (TPSA) is 67.4 Å². The van der Waals surface area contributed by atoms with Crippen molar-refractivity contribution in [2.75, 3.05) is 20.3 Å². The van der Waals surface area contributed by atoms with Crippen molar-refractivity contribution in [1.82, 2.24) is 10.0 Å². The number of benzene rings is 1. The molecule has 5 nitrogen and oxygen atoms in total. The Bertz CT molecular complexity index is 525. The van der Waals surface area contributed by atoms with Crippen molar-refractivity contribution in [3.63, 3.8) is 0 Å². The summed E-state index contributed by atoms with van der Waals surface area (Å²) in [5.74, 6) is 0.0149. The molecule has 20 heavy (non-hydrogen) atoms. The Balaban J connectivity index is 1.98. The van der Waals surface area contributed by atoms with Crippen LogP contribution < -0.4 is 10.0 Å². The molecular formula is C14H22N2O3S. The molecule has 0 aliphatic carbocycles. The molecule has 0 bridgehead atoms. The molecule has 1 aliphatic heterocycles. The Labute approximate surface area is 120 Å². The summed E-state index contributed by atoms with van der Waals surface area (Å²) in [5.41, 5.74) is 1.89. The molecule has 0 radical (unpaired) electrons. The third-order valence-electron chi connectivity index (χ3n) is 3.24. The standard InChI is InChI=1S/C14H22N2O3S/c1-15-9-12-4-2-5-13(8-12)11-20(17,18)16-14-6-3-7-19-10-14/h2,4-5,8,14-16H,3,6-7,9-11H2,1H3. The van der Waals surface area contributed by atoms with Crippen LogP contribution in [0.4, 0.5) is 0 Å². The molecule has 0 amide bonds. The van der Waals surface area contributed by atoms with Gasteiger partial charge in [0.05, 0.1) is 12.4 Å². The summed E-state index contributed by atoms with van der Waals surface area (Å²) in [6.45, 7) is 1.93. The molecule has 0 saturated carbocycles. The molecule has 112 valence electrons. The van der Waals surface area contributed by atoms with E-state index < -0.39 is 10.0 Å². The van der Waals surface area contributed by atoms with E-state index in [4.69, 9.17) is 4.74 Å². The molecular weight excluding hydrogens is 276 g/mol. The Morgan fingerprint density at radius 2 is 2.15 bits per heavy atom. The van der Waals surface area contributed by atoms with Gasteiger partial charge in [-0.3, -0.25) is 0 Å². The van der Waals surface area contributed by atoms with Crippen molar-refractivity contribution < 1.29 is 13.2 Å². The number of ether oxygens (including phenoxy) is 1. The second-order valence-corrected chi connectivity index (χ2v) is 6.90. The fourth-order valence-electron chi connectivity index (χ4n) is 2.38. The third-order valence-corrected chi connectivity index (χ3v) is 4.64. The molecule has 1 unspecified atom stereocenters. The first kappa shape index (κ1) is 15.4. The van der Waals surface area contributed by atoms with Crippen LogP contribution >= 0.6 is 0 Å². The smallest absolute Gasteiger partial charge is 0.216 e. The largest absolute Gasteiger partial charge is 0.380 e. The zero-order valence-electron chi connectivity index (χ0n) is 11.8. The fraction of sp³-hybridized carbons (Fsp3) is 0.571. The van der Waals surface area contributed by atoms with E-state index in [2.05, 4.69) is 10.0 Å². The summed E-state index contributed by atoms with van der Waals surface area (Å²) in [6.07, 6.45) is 1.75. The number of nitrogens with one attached hydrogen (secondary N) is 2. The minimum Gasteiger partial charge on any atom is -0.380 e. The molecule has 1 heterocycles. The number of hydrogen-bond donors (Lipinski definition) is 2. The second kappa shape index (κ2) is 7.17. The lowest BCUT2D eigenvalue weighted by Gasteiger charge is -2.23. The van der Waals surface area contributed by atoms with Gasteiger partial charge in [-0.1, -0.05) is 24.3 Å². The Hall–Kier alpha value is -0.950. The van der Waals surface area contributed by atoms with E-state index in [0.29, 0.717) is 6.61 Å². The van der Waals surface area contributed by atoms with Crippen LogP contribution in [-0.2, 0) is 27.1 Å². The van der Waals surface area contributed by atoms with Crippen LogP contribution in [0.2, 0.25) is 0 Å². The average Bonchev–Trinajstić information content (AvgIpc) is 2.39. The van der Waals surface area contributed by atoms with E-state index in [0.717, 1.165) is 37.1 Å². The van der Waals surface area contributed by atoms with Gasteiger partial charge in [0.15, 0.2) is 0 Å². The Kier molecular flexibility index (Phi) is 5.54. The summed E-state index contributed by atoms with van der Waals surface area (Å²) in [4.78, 5) is 0. The quantitative estimate of drug-likeness (QED) is 0.822. The SMILES string of the molecule is CNCc1cccc(CS(=O)(=O)NC2CCCOC2)c1. The number of hydrogen-bond acceptors (Lipinski definition) is 4. The van der Waals surface area contributed by atoms with Crippen LogP contribution in [0.25, 0.3) is 0 Å². The minimum absolute atomic E-state index is 0.0149. The van der Waals surface area contributed by atoms with Crippen molar-refractivity contribution in [2.45, 2.75) is 31.2 Å². The molecule has 1 fully saturated rings. The van der Waals surface area contributed by atoms with Gasteiger partial charge in [0, 0.05) is 19.2 Å². The summed E-state index contributed by atoms with van der Waals surface area (Å²) in [5, 5.41) is 3.06. The minimum atomic E-state index is -3.32. The van der Waals surface area contributed by atoms with Gasteiger partial charge in [-0.2, -0.15) is 0 Å². The molecule has 1 aliphatic rings. The maximum absolute atomic E-state index is 12.2. The van der Waals surface area contributed by atoms with Crippen molar-refractivity contribution in [1.29, 1.82) is 0 Å². The predicted molar refractivity (Wildman–Crippen MR) is 78.8 cm³/mol. The molecule has 0 spiro atoms. The first-order valence-electron chi connectivity index (χ1n) is 6.89. The lowest BCUT2D eigenvalue weighted by molar-refractivity contribution is 0.0774. The maximum atomic E-state index is 12.2. The monoisotopic (exact) mass is 298 g/mol. The summed E-state index contributed by atoms with van der Waals surface area (Å²) in [6, 6.07) is 7.55. The zero-order valence-corrected chi connectivity index (χ0v) is 12.6. The number of rotatable bonds is 6. The van der Waals surface area contributed by atoms with Crippen LogP contribution in [-0.4, -0.2) is 34.7 Å². The molecule has 2 rings (SSSR count). The first-order valence-corrected chi connectivity index (χ1v) is 8.54. The van der Waals surface area contributed by atoms with Crippen LogP contribution in [0, 0.1) is 0 Å². The summed E-state index contributed by atoms with van der Waals surface area (Å²) < 4.78 is 32.3. The molecule has 1 aromatic rings. The fourth-order valence-corrected chi connectivity index (χ4v) is 3.78. The van der Waals surface area contributed by atoms with Gasteiger partial charge in [0.1, 0.15) is 0 Å². The Morgan fingerprint density at radius 3 is 2.85 bits per heavy atom. The van der Waals surface area contributed by atoms with Gasteiger partial charge in [-0.15, -0.1) is 0 Å². The van der Waals surface area contributed by atoms with Crippen molar-refractivity contribution in [3.8, 4) is 0 Å². The van der Waals surface area contributed by atoms with Crippen molar-refractivity contribution in [3.05, 3.63) is 35.4 Å². The molecule has 1 atom stereocenters. The van der Waals surface area contributed by atoms with E-state index in [9.17, 15) is 8.42 Å². The normalized spacial score (nSPS) is 19.9. The van der Waals surface area contributed by atoms with Gasteiger partial charge < -0.3 is 10.1 Å². The zero-order chi connectivity index (χ0) is 14.4. The van der Waals surface area contributed by atoms with Crippen LogP contribution in [0.1, 0.15) is 24.0 Å².